The normalized spacial score (nSPS) is 14.1. The van der Waals surface area contributed by atoms with Crippen molar-refractivity contribution < 1.29 is 13.6 Å². The molecule has 0 aliphatic carbocycles. The van der Waals surface area contributed by atoms with Crippen molar-refractivity contribution in [2.45, 2.75) is 25.7 Å². The van der Waals surface area contributed by atoms with Gasteiger partial charge in [-0.15, -0.1) is 10.2 Å². The van der Waals surface area contributed by atoms with Crippen LogP contribution in [0.3, 0.4) is 0 Å². The first-order chi connectivity index (χ1) is 15.1. The summed E-state index contributed by atoms with van der Waals surface area (Å²) in [4.78, 5) is 14.5. The fourth-order valence-electron chi connectivity index (χ4n) is 3.58. The number of carbonyl (C=O) groups is 1. The van der Waals surface area contributed by atoms with Crippen LogP contribution >= 0.6 is 0 Å². The number of carbonyl (C=O) groups excluding carboxylic acids is 1. The molecule has 2 aromatic carbocycles. The molecule has 1 saturated heterocycles. The third-order valence-electron chi connectivity index (χ3n) is 5.18. The van der Waals surface area contributed by atoms with Crippen LogP contribution in [0.4, 0.5) is 30.8 Å². The highest BCUT2D eigenvalue weighted by molar-refractivity contribution is 6.00. The van der Waals surface area contributed by atoms with Gasteiger partial charge in [0.2, 0.25) is 0 Å². The molecular formula is C23H23F2N5O. The van der Waals surface area contributed by atoms with Gasteiger partial charge in [0.15, 0.2) is 5.82 Å². The smallest absolute Gasteiger partial charge is 0.323 e. The average molecular weight is 423 g/mol. The maximum atomic E-state index is 13.7. The minimum absolute atomic E-state index is 0.106. The molecular weight excluding hydrogens is 400 g/mol. The third-order valence-corrected chi connectivity index (χ3v) is 5.18. The Morgan fingerprint density at radius 2 is 1.68 bits per heavy atom. The van der Waals surface area contributed by atoms with Gasteiger partial charge in [-0.05, 0) is 49.2 Å². The van der Waals surface area contributed by atoms with E-state index >= 15 is 0 Å². The SMILES string of the molecule is O=C(Nc1cccc(-c2ccc(N3CCCCCC3)nn2)c1)Nc1ccc(F)cc1F. The van der Waals surface area contributed by atoms with Gasteiger partial charge in [0.05, 0.1) is 11.4 Å². The first kappa shape index (κ1) is 20.7. The van der Waals surface area contributed by atoms with E-state index < -0.39 is 17.7 Å². The van der Waals surface area contributed by atoms with Crippen molar-refractivity contribution in [2.75, 3.05) is 28.6 Å². The van der Waals surface area contributed by atoms with Crippen LogP contribution in [0.1, 0.15) is 25.7 Å². The minimum atomic E-state index is -0.844. The Morgan fingerprint density at radius 1 is 0.871 bits per heavy atom. The Labute approximate surface area is 179 Å². The number of benzene rings is 2. The van der Waals surface area contributed by atoms with Crippen molar-refractivity contribution in [3.05, 3.63) is 66.2 Å². The number of nitrogens with one attached hydrogen (secondary N) is 2. The lowest BCUT2D eigenvalue weighted by Crippen LogP contribution is -2.25. The number of urea groups is 1. The summed E-state index contributed by atoms with van der Waals surface area (Å²) >= 11 is 0. The molecule has 1 aliphatic rings. The lowest BCUT2D eigenvalue weighted by molar-refractivity contribution is 0.262. The average Bonchev–Trinajstić information content (AvgIpc) is 3.06. The molecule has 1 fully saturated rings. The molecule has 31 heavy (non-hydrogen) atoms. The van der Waals surface area contributed by atoms with Gasteiger partial charge < -0.3 is 15.5 Å². The van der Waals surface area contributed by atoms with Gasteiger partial charge in [-0.25, -0.2) is 13.6 Å². The molecule has 0 saturated carbocycles. The van der Waals surface area contributed by atoms with Crippen LogP contribution in [-0.2, 0) is 0 Å². The Hall–Kier alpha value is -3.55. The summed E-state index contributed by atoms with van der Waals surface area (Å²) in [5.74, 6) is -0.677. The van der Waals surface area contributed by atoms with Crippen molar-refractivity contribution in [3.8, 4) is 11.3 Å². The quantitative estimate of drug-likeness (QED) is 0.586. The van der Waals surface area contributed by atoms with Crippen molar-refractivity contribution in [2.24, 2.45) is 0 Å². The third kappa shape index (κ3) is 5.33. The topological polar surface area (TPSA) is 70.2 Å². The standard InChI is InChI=1S/C23H23F2N5O/c24-17-8-9-21(19(25)15-17)27-23(31)26-18-7-5-6-16(14-18)20-10-11-22(29-28-20)30-12-3-1-2-4-13-30/h5-11,14-15H,1-4,12-13H2,(H2,26,27,31). The molecule has 4 rings (SSSR count). The number of nitrogens with zero attached hydrogens (tertiary/aromatic N) is 3. The zero-order chi connectivity index (χ0) is 21.6. The van der Waals surface area contributed by atoms with Crippen molar-refractivity contribution in [1.29, 1.82) is 0 Å². The Bertz CT molecular complexity index is 1050. The summed E-state index contributed by atoms with van der Waals surface area (Å²) < 4.78 is 26.7. The Kier molecular flexibility index (Phi) is 6.35. The molecule has 0 radical (unpaired) electrons. The number of aromatic nitrogens is 2. The molecule has 0 atom stereocenters. The number of hydrogen-bond acceptors (Lipinski definition) is 4. The molecule has 0 spiro atoms. The Morgan fingerprint density at radius 3 is 2.39 bits per heavy atom. The van der Waals surface area contributed by atoms with Crippen LogP contribution < -0.4 is 15.5 Å². The zero-order valence-corrected chi connectivity index (χ0v) is 16.9. The van der Waals surface area contributed by atoms with E-state index in [1.807, 2.05) is 18.2 Å². The molecule has 2 N–H and O–H groups in total. The van der Waals surface area contributed by atoms with Crippen LogP contribution in [0.2, 0.25) is 0 Å². The highest BCUT2D eigenvalue weighted by Crippen LogP contribution is 2.23. The summed E-state index contributed by atoms with van der Waals surface area (Å²) in [5, 5.41) is 13.8. The highest BCUT2D eigenvalue weighted by atomic mass is 19.1. The fourth-order valence-corrected chi connectivity index (χ4v) is 3.58. The monoisotopic (exact) mass is 423 g/mol. The molecule has 3 aromatic rings. The van der Waals surface area contributed by atoms with E-state index in [-0.39, 0.29) is 5.69 Å². The molecule has 2 amide bonds. The van der Waals surface area contributed by atoms with E-state index in [9.17, 15) is 13.6 Å². The molecule has 2 heterocycles. The number of rotatable bonds is 4. The second-order valence-electron chi connectivity index (χ2n) is 7.46. The Balaban J connectivity index is 1.43. The second kappa shape index (κ2) is 9.51. The maximum Gasteiger partial charge on any atom is 0.323 e. The van der Waals surface area contributed by atoms with Crippen LogP contribution in [0, 0.1) is 11.6 Å². The summed E-state index contributed by atoms with van der Waals surface area (Å²) in [7, 11) is 0. The minimum Gasteiger partial charge on any atom is -0.355 e. The second-order valence-corrected chi connectivity index (χ2v) is 7.46. The molecule has 8 heteroatoms. The van der Waals surface area contributed by atoms with Crippen LogP contribution in [0.5, 0.6) is 0 Å². The number of amides is 2. The van der Waals surface area contributed by atoms with E-state index in [1.165, 1.54) is 31.7 Å². The van der Waals surface area contributed by atoms with Crippen LogP contribution in [-0.4, -0.2) is 29.3 Å². The summed E-state index contributed by atoms with van der Waals surface area (Å²) in [5.41, 5.74) is 1.88. The lowest BCUT2D eigenvalue weighted by Gasteiger charge is -2.20. The van der Waals surface area contributed by atoms with Gasteiger partial charge in [0.1, 0.15) is 11.6 Å². The van der Waals surface area contributed by atoms with Gasteiger partial charge >= 0.3 is 6.03 Å². The van der Waals surface area contributed by atoms with Crippen LogP contribution in [0.25, 0.3) is 11.3 Å². The molecule has 6 nitrogen and oxygen atoms in total. The van der Waals surface area contributed by atoms with Crippen molar-refractivity contribution in [3.63, 3.8) is 0 Å². The van der Waals surface area contributed by atoms with E-state index in [0.717, 1.165) is 30.5 Å². The molecule has 1 aromatic heterocycles. The van der Waals surface area contributed by atoms with Crippen molar-refractivity contribution in [1.82, 2.24) is 10.2 Å². The maximum absolute atomic E-state index is 13.7. The lowest BCUT2D eigenvalue weighted by atomic mass is 10.1. The molecule has 160 valence electrons. The largest absolute Gasteiger partial charge is 0.355 e. The first-order valence-corrected chi connectivity index (χ1v) is 10.3. The van der Waals surface area contributed by atoms with Gasteiger partial charge in [-0.1, -0.05) is 25.0 Å². The van der Waals surface area contributed by atoms with Gasteiger partial charge in [0.25, 0.3) is 0 Å². The number of hydrogen-bond donors (Lipinski definition) is 2. The summed E-state index contributed by atoms with van der Waals surface area (Å²) in [6.45, 7) is 1.99. The fraction of sp³-hybridized carbons (Fsp3) is 0.261. The number of anilines is 3. The molecule has 0 bridgehead atoms. The highest BCUT2D eigenvalue weighted by Gasteiger charge is 2.13. The summed E-state index contributed by atoms with van der Waals surface area (Å²) in [6, 6.07) is 13.3. The zero-order valence-electron chi connectivity index (χ0n) is 16.9. The van der Waals surface area contributed by atoms with Gasteiger partial charge in [-0.2, -0.15) is 0 Å². The molecule has 1 aliphatic heterocycles. The predicted octanol–water partition coefficient (Wildman–Crippen LogP) is 5.45. The van der Waals surface area contributed by atoms with E-state index in [1.54, 1.807) is 18.2 Å². The van der Waals surface area contributed by atoms with Gasteiger partial charge in [-0.3, -0.25) is 0 Å². The van der Waals surface area contributed by atoms with Crippen LogP contribution in [0.15, 0.2) is 54.6 Å². The van der Waals surface area contributed by atoms with E-state index in [0.29, 0.717) is 17.4 Å². The molecule has 0 unspecified atom stereocenters. The van der Waals surface area contributed by atoms with Gasteiger partial charge in [0, 0.05) is 30.4 Å². The first-order valence-electron chi connectivity index (χ1n) is 10.3. The van der Waals surface area contributed by atoms with E-state index in [2.05, 4.69) is 25.7 Å². The summed E-state index contributed by atoms with van der Waals surface area (Å²) in [6.07, 6.45) is 4.84. The number of halogens is 2. The van der Waals surface area contributed by atoms with E-state index in [4.69, 9.17) is 0 Å². The predicted molar refractivity (Wildman–Crippen MR) is 117 cm³/mol. The van der Waals surface area contributed by atoms with Crippen molar-refractivity contribution >= 4 is 23.2 Å².